The molecule has 0 aromatic rings. The van der Waals surface area contributed by atoms with Crippen LogP contribution in [0, 0.1) is 0 Å². The van der Waals surface area contributed by atoms with E-state index in [-0.39, 0.29) is 18.5 Å². The lowest BCUT2D eigenvalue weighted by Gasteiger charge is -2.22. The molecule has 0 aromatic heterocycles. The number of rotatable bonds is 66. The number of unbranched alkanes of at least 4 members (excludes halogenated alkanes) is 51. The molecule has 3 N–H and O–H groups in total. The molecule has 0 rings (SSSR count). The predicted octanol–water partition coefficient (Wildman–Crippen LogP) is 22.5. The van der Waals surface area contributed by atoms with E-state index in [1.807, 2.05) is 0 Å². The van der Waals surface area contributed by atoms with Crippen LogP contribution in [0.1, 0.15) is 393 Å². The summed E-state index contributed by atoms with van der Waals surface area (Å²) in [6.45, 7) is 4.95. The van der Waals surface area contributed by atoms with Crippen molar-refractivity contribution < 1.29 is 24.5 Å². The van der Waals surface area contributed by atoms with Gasteiger partial charge in [0.1, 0.15) is 0 Å². The number of hydrogen-bond donors (Lipinski definition) is 3. The Morgan fingerprint density at radius 3 is 1.01 bits per heavy atom. The van der Waals surface area contributed by atoms with Gasteiger partial charge >= 0.3 is 5.97 Å². The maximum absolute atomic E-state index is 12.5. The number of esters is 1. The van der Waals surface area contributed by atoms with Crippen molar-refractivity contribution >= 4 is 11.9 Å². The number of aliphatic hydroxyl groups excluding tert-OH is 2. The number of hydrogen-bond acceptors (Lipinski definition) is 5. The summed E-state index contributed by atoms with van der Waals surface area (Å²) >= 11 is 0. The van der Waals surface area contributed by atoms with Crippen molar-refractivity contribution in [2.75, 3.05) is 13.2 Å². The van der Waals surface area contributed by atoms with Gasteiger partial charge in [-0.25, -0.2) is 0 Å². The van der Waals surface area contributed by atoms with E-state index in [0.717, 1.165) is 51.4 Å². The van der Waals surface area contributed by atoms with E-state index < -0.39 is 12.1 Å². The molecule has 0 aliphatic carbocycles. The fourth-order valence-electron chi connectivity index (χ4n) is 11.1. The number of allylic oxidation sites excluding steroid dienone is 4. The van der Waals surface area contributed by atoms with Crippen molar-refractivity contribution in [3.63, 3.8) is 0 Å². The summed E-state index contributed by atoms with van der Waals surface area (Å²) in [7, 11) is 0. The molecule has 0 saturated carbocycles. The van der Waals surface area contributed by atoms with Gasteiger partial charge in [-0.2, -0.15) is 0 Å². The normalized spacial score (nSPS) is 12.6. The van der Waals surface area contributed by atoms with E-state index in [1.165, 1.54) is 308 Å². The van der Waals surface area contributed by atoms with E-state index in [1.54, 1.807) is 0 Å². The van der Waals surface area contributed by atoms with Crippen LogP contribution in [0.25, 0.3) is 0 Å². The fourth-order valence-corrected chi connectivity index (χ4v) is 11.1. The highest BCUT2D eigenvalue weighted by Crippen LogP contribution is 2.19. The molecule has 0 heterocycles. The van der Waals surface area contributed by atoms with Crippen LogP contribution in [0.15, 0.2) is 24.3 Å². The molecule has 0 aromatic carbocycles. The lowest BCUT2D eigenvalue weighted by Crippen LogP contribution is -2.45. The summed E-state index contributed by atoms with van der Waals surface area (Å²) in [5.74, 6) is -0.0216. The number of ether oxygens (including phenoxy) is 1. The zero-order chi connectivity index (χ0) is 55.7. The van der Waals surface area contributed by atoms with Gasteiger partial charge < -0.3 is 20.3 Å². The van der Waals surface area contributed by atoms with Gasteiger partial charge in [-0.1, -0.05) is 346 Å². The Kier molecular flexibility index (Phi) is 65.4. The van der Waals surface area contributed by atoms with Crippen LogP contribution >= 0.6 is 0 Å². The second kappa shape index (κ2) is 66.8. The standard InChI is InChI=1S/C71H137NO5/c1-3-5-7-9-11-13-15-17-35-39-43-47-51-55-59-63-69(74)68(67-73)72-70(75)64-60-56-52-48-44-40-37-33-31-29-27-25-23-21-19-20-22-24-26-28-30-32-34-38-42-46-50-54-58-62-66-77-71(76)65-61-57-53-49-45-41-36-18-16-14-12-10-8-6-4-2/h12,14,18,36,68-69,73-74H,3-11,13,15-17,19-35,37-67H2,1-2H3,(H,72,75)/b14-12-,36-18-. The first kappa shape index (κ1) is 75.3. The van der Waals surface area contributed by atoms with Gasteiger partial charge in [-0.3, -0.25) is 9.59 Å². The fraction of sp³-hybridized carbons (Fsp3) is 0.915. The first-order valence-electron chi connectivity index (χ1n) is 35.1. The molecule has 1 amide bonds. The van der Waals surface area contributed by atoms with Crippen molar-refractivity contribution in [1.29, 1.82) is 0 Å². The Morgan fingerprint density at radius 1 is 0.364 bits per heavy atom. The second-order valence-corrected chi connectivity index (χ2v) is 24.2. The van der Waals surface area contributed by atoms with Gasteiger partial charge in [-0.15, -0.1) is 0 Å². The molecule has 6 nitrogen and oxygen atoms in total. The van der Waals surface area contributed by atoms with Gasteiger partial charge in [0.15, 0.2) is 0 Å². The van der Waals surface area contributed by atoms with Crippen molar-refractivity contribution in [2.24, 2.45) is 0 Å². The largest absolute Gasteiger partial charge is 0.466 e. The topological polar surface area (TPSA) is 95.9 Å². The molecule has 456 valence electrons. The zero-order valence-corrected chi connectivity index (χ0v) is 52.2. The number of nitrogens with one attached hydrogen (secondary N) is 1. The van der Waals surface area contributed by atoms with Crippen LogP contribution in [-0.2, 0) is 14.3 Å². The average molecular weight is 1080 g/mol. The van der Waals surface area contributed by atoms with Crippen LogP contribution < -0.4 is 5.32 Å². The summed E-state index contributed by atoms with van der Waals surface area (Å²) in [5, 5.41) is 23.3. The Morgan fingerprint density at radius 2 is 0.649 bits per heavy atom. The van der Waals surface area contributed by atoms with Crippen LogP contribution in [-0.4, -0.2) is 47.4 Å². The highest BCUT2D eigenvalue weighted by Gasteiger charge is 2.20. The third-order valence-electron chi connectivity index (χ3n) is 16.5. The number of carbonyl (C=O) groups excluding carboxylic acids is 2. The van der Waals surface area contributed by atoms with Crippen molar-refractivity contribution in [2.45, 2.75) is 405 Å². The Bertz CT molecular complexity index is 1200. The quantitative estimate of drug-likeness (QED) is 0.0320. The second-order valence-electron chi connectivity index (χ2n) is 24.2. The maximum Gasteiger partial charge on any atom is 0.305 e. The molecule has 0 radical (unpaired) electrons. The van der Waals surface area contributed by atoms with Crippen LogP contribution in [0.3, 0.4) is 0 Å². The molecule has 0 aliphatic rings. The monoisotopic (exact) mass is 1080 g/mol. The van der Waals surface area contributed by atoms with Gasteiger partial charge in [0.2, 0.25) is 5.91 Å². The van der Waals surface area contributed by atoms with Gasteiger partial charge in [-0.05, 0) is 57.8 Å². The summed E-state index contributed by atoms with van der Waals surface area (Å²) in [5.41, 5.74) is 0. The van der Waals surface area contributed by atoms with Crippen molar-refractivity contribution in [3.8, 4) is 0 Å². The Hall–Kier alpha value is -1.66. The molecule has 2 atom stereocenters. The molecular weight excluding hydrogens is 947 g/mol. The van der Waals surface area contributed by atoms with E-state index >= 15 is 0 Å². The Balaban J connectivity index is 3.32. The highest BCUT2D eigenvalue weighted by molar-refractivity contribution is 5.76. The smallest absolute Gasteiger partial charge is 0.305 e. The predicted molar refractivity (Wildman–Crippen MR) is 338 cm³/mol. The van der Waals surface area contributed by atoms with E-state index in [4.69, 9.17) is 4.74 Å². The van der Waals surface area contributed by atoms with E-state index in [2.05, 4.69) is 43.5 Å². The summed E-state index contributed by atoms with van der Waals surface area (Å²) < 4.78 is 5.49. The molecule has 0 bridgehead atoms. The van der Waals surface area contributed by atoms with Gasteiger partial charge in [0.05, 0.1) is 25.4 Å². The van der Waals surface area contributed by atoms with Crippen LogP contribution in [0.5, 0.6) is 0 Å². The molecule has 2 unspecified atom stereocenters. The molecule has 0 saturated heterocycles. The van der Waals surface area contributed by atoms with E-state index in [0.29, 0.717) is 25.9 Å². The molecule has 0 aliphatic heterocycles. The van der Waals surface area contributed by atoms with Crippen LogP contribution in [0.2, 0.25) is 0 Å². The van der Waals surface area contributed by atoms with Gasteiger partial charge in [0, 0.05) is 12.8 Å². The summed E-state index contributed by atoms with van der Waals surface area (Å²) in [4.78, 5) is 24.6. The van der Waals surface area contributed by atoms with Crippen LogP contribution in [0.4, 0.5) is 0 Å². The lowest BCUT2D eigenvalue weighted by atomic mass is 10.0. The maximum atomic E-state index is 12.5. The number of aliphatic hydroxyl groups is 2. The zero-order valence-electron chi connectivity index (χ0n) is 52.2. The molecule has 0 spiro atoms. The summed E-state index contributed by atoms with van der Waals surface area (Å²) in [6, 6.07) is -0.538. The summed E-state index contributed by atoms with van der Waals surface area (Å²) in [6.07, 6.45) is 83.7. The first-order valence-corrected chi connectivity index (χ1v) is 35.1. The minimum atomic E-state index is -0.661. The Labute approximate surface area is 481 Å². The first-order chi connectivity index (χ1) is 38.0. The average Bonchev–Trinajstić information content (AvgIpc) is 3.43. The number of carbonyl (C=O) groups is 2. The third kappa shape index (κ3) is 63.4. The number of amides is 1. The van der Waals surface area contributed by atoms with Crippen molar-refractivity contribution in [1.82, 2.24) is 5.32 Å². The lowest BCUT2D eigenvalue weighted by molar-refractivity contribution is -0.143. The SMILES string of the molecule is CCCCC/C=C\C/C=C\CCCCCCCC(=O)OCCCCCCCCCCCCCCCCCCCCCCCCCCCCCCCCC(=O)NC(CO)C(O)CCCCCCCCCCCCCCCCC. The molecule has 77 heavy (non-hydrogen) atoms. The minimum absolute atomic E-state index is 0.00662. The van der Waals surface area contributed by atoms with Gasteiger partial charge in [0.25, 0.3) is 0 Å². The minimum Gasteiger partial charge on any atom is -0.466 e. The van der Waals surface area contributed by atoms with E-state index in [9.17, 15) is 19.8 Å². The molecule has 6 heteroatoms. The molecular formula is C71H137NO5. The van der Waals surface area contributed by atoms with Crippen molar-refractivity contribution in [3.05, 3.63) is 24.3 Å². The highest BCUT2D eigenvalue weighted by atomic mass is 16.5. The third-order valence-corrected chi connectivity index (χ3v) is 16.5. The molecule has 0 fully saturated rings.